The number of carboxylic acid groups (broad SMARTS) is 1. The van der Waals surface area contributed by atoms with Gasteiger partial charge in [-0.1, -0.05) is 0 Å². The van der Waals surface area contributed by atoms with E-state index in [-0.39, 0.29) is 5.70 Å². The molecule has 2 N–H and O–H groups in total. The van der Waals surface area contributed by atoms with Crippen molar-refractivity contribution in [2.45, 2.75) is 65.3 Å². The van der Waals surface area contributed by atoms with Gasteiger partial charge in [0.2, 0.25) is 12.2 Å². The van der Waals surface area contributed by atoms with Crippen LogP contribution in [0.3, 0.4) is 0 Å². The Morgan fingerprint density at radius 2 is 1.67 bits per heavy atom. The average Bonchev–Trinajstić information content (AvgIpc) is 2.70. The van der Waals surface area contributed by atoms with Crippen molar-refractivity contribution in [1.82, 2.24) is 5.32 Å². The molecule has 0 spiro atoms. The van der Waals surface area contributed by atoms with Crippen molar-refractivity contribution in [2.24, 2.45) is 0 Å². The Bertz CT molecular complexity index is 717. The zero-order valence-corrected chi connectivity index (χ0v) is 17.2. The van der Waals surface area contributed by atoms with Gasteiger partial charge < -0.3 is 34.1 Å². The summed E-state index contributed by atoms with van der Waals surface area (Å²) in [4.78, 5) is 57.4. The normalized spacial score (nSPS) is 24.5. The molecule has 1 rings (SSSR count). The third-order valence-electron chi connectivity index (χ3n) is 3.65. The first-order chi connectivity index (χ1) is 13.9. The second-order valence-electron chi connectivity index (χ2n) is 6.37. The van der Waals surface area contributed by atoms with Crippen LogP contribution in [0.2, 0.25) is 0 Å². The lowest BCUT2D eigenvalue weighted by molar-refractivity contribution is -0.209. The van der Waals surface area contributed by atoms with E-state index in [1.165, 1.54) is 19.9 Å². The van der Waals surface area contributed by atoms with E-state index in [9.17, 15) is 29.1 Å². The number of aliphatic carboxylic acids is 1. The van der Waals surface area contributed by atoms with Crippen LogP contribution in [0, 0.1) is 0 Å². The van der Waals surface area contributed by atoms with E-state index in [0.717, 1.165) is 20.8 Å². The van der Waals surface area contributed by atoms with Crippen molar-refractivity contribution in [2.75, 3.05) is 6.61 Å². The van der Waals surface area contributed by atoms with Crippen LogP contribution < -0.4 is 5.32 Å². The fourth-order valence-corrected chi connectivity index (χ4v) is 2.54. The van der Waals surface area contributed by atoms with Crippen molar-refractivity contribution in [3.63, 3.8) is 0 Å². The number of hydrogen-bond acceptors (Lipinski definition) is 10. The lowest BCUT2D eigenvalue weighted by Crippen LogP contribution is -2.50. The molecule has 0 saturated carbocycles. The van der Waals surface area contributed by atoms with E-state index >= 15 is 0 Å². The number of esters is 3. The van der Waals surface area contributed by atoms with Gasteiger partial charge in [-0.25, -0.2) is 4.79 Å². The topological polar surface area (TPSA) is 164 Å². The summed E-state index contributed by atoms with van der Waals surface area (Å²) in [6.45, 7) is 5.33. The average molecular weight is 431 g/mol. The maximum atomic E-state index is 11.7. The summed E-state index contributed by atoms with van der Waals surface area (Å²) in [7, 11) is 0. The molecule has 0 radical (unpaired) electrons. The van der Waals surface area contributed by atoms with Crippen molar-refractivity contribution in [3.8, 4) is 0 Å². The third-order valence-corrected chi connectivity index (χ3v) is 3.65. The van der Waals surface area contributed by atoms with Gasteiger partial charge in [-0.3, -0.25) is 19.2 Å². The Hall–Kier alpha value is -2.99. The number of ether oxygens (including phenoxy) is 5. The molecular formula is C18H25NO11. The first-order valence-corrected chi connectivity index (χ1v) is 8.91. The van der Waals surface area contributed by atoms with Crippen LogP contribution in [-0.4, -0.2) is 72.2 Å². The molecule has 12 nitrogen and oxygen atoms in total. The minimum Gasteiger partial charge on any atom is -0.479 e. The molecular weight excluding hydrogens is 406 g/mol. The number of hydrogen-bond donors (Lipinski definition) is 2. The van der Waals surface area contributed by atoms with Crippen LogP contribution >= 0.6 is 0 Å². The van der Waals surface area contributed by atoms with E-state index in [1.807, 2.05) is 0 Å². The molecule has 0 aliphatic carbocycles. The van der Waals surface area contributed by atoms with E-state index < -0.39 is 67.1 Å². The van der Waals surface area contributed by atoms with Gasteiger partial charge in [0, 0.05) is 33.8 Å². The first kappa shape index (κ1) is 25.0. The maximum absolute atomic E-state index is 11.7. The van der Waals surface area contributed by atoms with Gasteiger partial charge in [0.1, 0.15) is 18.8 Å². The third kappa shape index (κ3) is 8.17. The molecule has 1 amide bonds. The van der Waals surface area contributed by atoms with Crippen molar-refractivity contribution in [1.29, 1.82) is 0 Å². The summed E-state index contributed by atoms with van der Waals surface area (Å²) < 4.78 is 26.4. The monoisotopic (exact) mass is 431 g/mol. The summed E-state index contributed by atoms with van der Waals surface area (Å²) in [5, 5.41) is 11.7. The Kier molecular flexibility index (Phi) is 9.40. The number of rotatable bonds is 8. The highest BCUT2D eigenvalue weighted by atomic mass is 16.7. The van der Waals surface area contributed by atoms with E-state index in [2.05, 4.69) is 5.32 Å². The highest BCUT2D eigenvalue weighted by molar-refractivity contribution is 5.75. The van der Waals surface area contributed by atoms with Crippen molar-refractivity contribution in [3.05, 3.63) is 11.8 Å². The largest absolute Gasteiger partial charge is 0.479 e. The molecule has 0 saturated heterocycles. The molecule has 5 atom stereocenters. The molecule has 0 aromatic carbocycles. The van der Waals surface area contributed by atoms with Gasteiger partial charge in [-0.05, 0) is 6.92 Å². The molecule has 0 aromatic heterocycles. The lowest BCUT2D eigenvalue weighted by atomic mass is 10.0. The number of carbonyl (C=O) groups excluding carboxylic acids is 4. The molecule has 1 heterocycles. The summed E-state index contributed by atoms with van der Waals surface area (Å²) in [5.41, 5.74) is -0.0570. The summed E-state index contributed by atoms with van der Waals surface area (Å²) in [6.07, 6.45) is -5.53. The smallest absolute Gasteiger partial charge is 0.332 e. The molecule has 0 fully saturated rings. The quantitative estimate of drug-likeness (QED) is 0.381. The van der Waals surface area contributed by atoms with Gasteiger partial charge in [-0.2, -0.15) is 0 Å². The standard InChI is InChI=1S/C18H25NO11/c1-8(18(24)25)27-16-13(19-9(2)20)6-15(28-11(4)22)30-14(7-26-10(3)21)17(16)29-12(5)23/h6,8,14-17H,7H2,1-5H3,(H,19,20)(H,24,25)/t8-,14-,15+,16-,17-/m1/s1. The first-order valence-electron chi connectivity index (χ1n) is 8.91. The molecule has 12 heteroatoms. The minimum absolute atomic E-state index is 0.0570. The molecule has 30 heavy (non-hydrogen) atoms. The van der Waals surface area contributed by atoms with Crippen LogP contribution in [0.15, 0.2) is 11.8 Å². The zero-order chi connectivity index (χ0) is 23.0. The van der Waals surface area contributed by atoms with E-state index in [4.69, 9.17) is 23.7 Å². The van der Waals surface area contributed by atoms with Gasteiger partial charge in [0.15, 0.2) is 12.2 Å². The zero-order valence-electron chi connectivity index (χ0n) is 17.2. The second-order valence-corrected chi connectivity index (χ2v) is 6.37. The Morgan fingerprint density at radius 3 is 2.13 bits per heavy atom. The molecule has 1 aliphatic heterocycles. The number of nitrogens with one attached hydrogen (secondary N) is 1. The van der Waals surface area contributed by atoms with Crippen molar-refractivity contribution < 1.29 is 52.8 Å². The van der Waals surface area contributed by atoms with Gasteiger partial charge >= 0.3 is 23.9 Å². The van der Waals surface area contributed by atoms with Crippen molar-refractivity contribution >= 4 is 29.8 Å². The predicted octanol–water partition coefficient (Wildman–Crippen LogP) is -0.352. The van der Waals surface area contributed by atoms with Crippen LogP contribution in [-0.2, 0) is 47.7 Å². The number of carbonyl (C=O) groups is 5. The molecule has 0 bridgehead atoms. The van der Waals surface area contributed by atoms with Crippen LogP contribution in [0.5, 0.6) is 0 Å². The molecule has 0 unspecified atom stereocenters. The predicted molar refractivity (Wildman–Crippen MR) is 96.5 cm³/mol. The Balaban J connectivity index is 3.48. The SMILES string of the molecule is CC(=O)NC1=C[C@@H](OC(C)=O)O[C@H](COC(C)=O)[C@@H](OC(C)=O)[C@@H]1O[C@H](C)C(=O)O. The van der Waals surface area contributed by atoms with Gasteiger partial charge in [0.25, 0.3) is 0 Å². The molecule has 168 valence electrons. The fourth-order valence-electron chi connectivity index (χ4n) is 2.54. The second kappa shape index (κ2) is 11.3. The summed E-state index contributed by atoms with van der Waals surface area (Å²) in [6, 6.07) is 0. The maximum Gasteiger partial charge on any atom is 0.332 e. The fraction of sp³-hybridized carbons (Fsp3) is 0.611. The lowest BCUT2D eigenvalue weighted by Gasteiger charge is -2.32. The van der Waals surface area contributed by atoms with E-state index in [0.29, 0.717) is 0 Å². The Labute approximate surface area is 172 Å². The number of carboxylic acids is 1. The molecule has 0 aromatic rings. The highest BCUT2D eigenvalue weighted by Crippen LogP contribution is 2.26. The summed E-state index contributed by atoms with van der Waals surface area (Å²) >= 11 is 0. The number of amides is 1. The Morgan fingerprint density at radius 1 is 1.07 bits per heavy atom. The van der Waals surface area contributed by atoms with Gasteiger partial charge in [0.05, 0.1) is 5.70 Å². The van der Waals surface area contributed by atoms with Crippen LogP contribution in [0.25, 0.3) is 0 Å². The highest BCUT2D eigenvalue weighted by Gasteiger charge is 2.43. The summed E-state index contributed by atoms with van der Waals surface area (Å²) in [5.74, 6) is -4.05. The minimum atomic E-state index is -1.38. The van der Waals surface area contributed by atoms with Crippen LogP contribution in [0.4, 0.5) is 0 Å². The molecule has 1 aliphatic rings. The van der Waals surface area contributed by atoms with Crippen LogP contribution in [0.1, 0.15) is 34.6 Å². The van der Waals surface area contributed by atoms with E-state index in [1.54, 1.807) is 0 Å². The van der Waals surface area contributed by atoms with Gasteiger partial charge in [-0.15, -0.1) is 0 Å².